The number of carbonyl (C=O) groups is 1. The normalized spacial score (nSPS) is 10.5. The van der Waals surface area contributed by atoms with E-state index < -0.39 is 0 Å². The van der Waals surface area contributed by atoms with Gasteiger partial charge in [-0.3, -0.25) is 10.1 Å². The summed E-state index contributed by atoms with van der Waals surface area (Å²) in [5.74, 6) is 0.659. The van der Waals surface area contributed by atoms with E-state index in [9.17, 15) is 4.79 Å². The molecule has 0 saturated heterocycles. The Morgan fingerprint density at radius 2 is 1.83 bits per heavy atom. The largest absolute Gasteiger partial charge is 0.407 e. The van der Waals surface area contributed by atoms with Crippen LogP contribution in [0.2, 0.25) is 5.02 Å². The van der Waals surface area contributed by atoms with Crippen molar-refractivity contribution in [1.82, 2.24) is 10.2 Å². The molecule has 1 heterocycles. The van der Waals surface area contributed by atoms with Crippen LogP contribution in [0.1, 0.15) is 16.2 Å². The summed E-state index contributed by atoms with van der Waals surface area (Å²) >= 11 is 7.37. The molecule has 0 unspecified atom stereocenters. The molecule has 5 nitrogen and oxygen atoms in total. The van der Waals surface area contributed by atoms with Gasteiger partial charge in [-0.2, -0.15) is 0 Å². The maximum atomic E-state index is 12.0. The van der Waals surface area contributed by atoms with Crippen molar-refractivity contribution in [2.75, 3.05) is 5.32 Å². The number of amides is 1. The second kappa shape index (κ2) is 7.30. The SMILES string of the molecule is O=C(Nc1nnc(CSc2ccccc2)o1)c1ccc(Cl)cc1. The zero-order chi connectivity index (χ0) is 16.1. The summed E-state index contributed by atoms with van der Waals surface area (Å²) in [6.45, 7) is 0. The zero-order valence-corrected chi connectivity index (χ0v) is 13.5. The van der Waals surface area contributed by atoms with Gasteiger partial charge in [0.05, 0.1) is 5.75 Å². The van der Waals surface area contributed by atoms with E-state index in [0.717, 1.165) is 4.90 Å². The van der Waals surface area contributed by atoms with E-state index in [2.05, 4.69) is 15.5 Å². The van der Waals surface area contributed by atoms with Crippen molar-refractivity contribution in [2.24, 2.45) is 0 Å². The van der Waals surface area contributed by atoms with Crippen molar-refractivity contribution >= 4 is 35.3 Å². The van der Waals surface area contributed by atoms with Crippen LogP contribution in [-0.2, 0) is 5.75 Å². The molecular formula is C16H12ClN3O2S. The van der Waals surface area contributed by atoms with Crippen molar-refractivity contribution in [3.05, 3.63) is 71.1 Å². The summed E-state index contributed by atoms with van der Waals surface area (Å²) in [6.07, 6.45) is 0. The molecule has 0 aliphatic rings. The van der Waals surface area contributed by atoms with Crippen molar-refractivity contribution in [2.45, 2.75) is 10.6 Å². The van der Waals surface area contributed by atoms with E-state index in [0.29, 0.717) is 22.2 Å². The molecule has 3 rings (SSSR count). The molecule has 0 aliphatic heterocycles. The van der Waals surface area contributed by atoms with Crippen LogP contribution in [0.15, 0.2) is 63.9 Å². The number of aromatic nitrogens is 2. The van der Waals surface area contributed by atoms with Gasteiger partial charge in [0.1, 0.15) is 0 Å². The van der Waals surface area contributed by atoms with Gasteiger partial charge >= 0.3 is 6.01 Å². The minimum absolute atomic E-state index is 0.0774. The fraction of sp³-hybridized carbons (Fsp3) is 0.0625. The summed E-state index contributed by atoms with van der Waals surface area (Å²) in [6, 6.07) is 16.5. The Labute approximate surface area is 142 Å². The molecule has 0 bridgehead atoms. The van der Waals surface area contributed by atoms with E-state index in [4.69, 9.17) is 16.0 Å². The lowest BCUT2D eigenvalue weighted by Crippen LogP contribution is -2.11. The lowest BCUT2D eigenvalue weighted by molar-refractivity contribution is 0.102. The summed E-state index contributed by atoms with van der Waals surface area (Å²) in [5, 5.41) is 10.9. The average molecular weight is 346 g/mol. The Bertz CT molecular complexity index is 791. The molecule has 0 radical (unpaired) electrons. The first kappa shape index (κ1) is 15.6. The lowest BCUT2D eigenvalue weighted by atomic mass is 10.2. The van der Waals surface area contributed by atoms with Crippen LogP contribution in [0.25, 0.3) is 0 Å². The maximum absolute atomic E-state index is 12.0. The van der Waals surface area contributed by atoms with E-state index in [1.54, 1.807) is 36.0 Å². The van der Waals surface area contributed by atoms with Crippen LogP contribution in [-0.4, -0.2) is 16.1 Å². The Morgan fingerprint density at radius 3 is 2.57 bits per heavy atom. The van der Waals surface area contributed by atoms with Crippen LogP contribution in [0, 0.1) is 0 Å². The predicted molar refractivity (Wildman–Crippen MR) is 89.7 cm³/mol. The standard InChI is InChI=1S/C16H12ClN3O2S/c17-12-8-6-11(7-9-12)15(21)18-16-20-19-14(22-16)10-23-13-4-2-1-3-5-13/h1-9H,10H2,(H,18,20,21). The number of hydrogen-bond acceptors (Lipinski definition) is 5. The van der Waals surface area contributed by atoms with E-state index in [-0.39, 0.29) is 11.9 Å². The Hall–Kier alpha value is -2.31. The lowest BCUT2D eigenvalue weighted by Gasteiger charge is -2.00. The predicted octanol–water partition coefficient (Wildman–Crippen LogP) is 4.27. The third kappa shape index (κ3) is 4.34. The van der Waals surface area contributed by atoms with Crippen molar-refractivity contribution in [3.8, 4) is 0 Å². The molecule has 0 spiro atoms. The van der Waals surface area contributed by atoms with Gasteiger partial charge < -0.3 is 4.42 Å². The molecular weight excluding hydrogens is 334 g/mol. The molecule has 116 valence electrons. The van der Waals surface area contributed by atoms with Gasteiger partial charge in [-0.1, -0.05) is 34.9 Å². The number of nitrogens with zero attached hydrogens (tertiary/aromatic N) is 2. The minimum Gasteiger partial charge on any atom is -0.407 e. The molecule has 0 atom stereocenters. The Balaban J connectivity index is 1.58. The number of nitrogens with one attached hydrogen (secondary N) is 1. The number of benzene rings is 2. The van der Waals surface area contributed by atoms with Gasteiger partial charge in [-0.25, -0.2) is 0 Å². The summed E-state index contributed by atoms with van der Waals surface area (Å²) in [4.78, 5) is 13.1. The molecule has 1 N–H and O–H groups in total. The molecule has 7 heteroatoms. The van der Waals surface area contributed by atoms with Gasteiger partial charge in [-0.15, -0.1) is 16.9 Å². The fourth-order valence-electron chi connectivity index (χ4n) is 1.79. The number of hydrogen-bond donors (Lipinski definition) is 1. The highest BCUT2D eigenvalue weighted by molar-refractivity contribution is 7.98. The van der Waals surface area contributed by atoms with E-state index in [1.165, 1.54) is 0 Å². The molecule has 0 saturated carbocycles. The van der Waals surface area contributed by atoms with Gasteiger partial charge in [0, 0.05) is 15.5 Å². The second-order valence-corrected chi connectivity index (χ2v) is 6.05. The highest BCUT2D eigenvalue weighted by atomic mass is 35.5. The third-order valence-corrected chi connectivity index (χ3v) is 4.15. The number of carbonyl (C=O) groups excluding carboxylic acids is 1. The van der Waals surface area contributed by atoms with Gasteiger partial charge in [0.2, 0.25) is 5.89 Å². The van der Waals surface area contributed by atoms with E-state index >= 15 is 0 Å². The monoisotopic (exact) mass is 345 g/mol. The molecule has 2 aromatic carbocycles. The van der Waals surface area contributed by atoms with Crippen LogP contribution >= 0.6 is 23.4 Å². The molecule has 0 fully saturated rings. The van der Waals surface area contributed by atoms with Crippen molar-refractivity contribution < 1.29 is 9.21 Å². The highest BCUT2D eigenvalue weighted by Crippen LogP contribution is 2.22. The first-order valence-corrected chi connectivity index (χ1v) is 8.14. The first-order chi connectivity index (χ1) is 11.2. The smallest absolute Gasteiger partial charge is 0.322 e. The second-order valence-electron chi connectivity index (χ2n) is 4.56. The van der Waals surface area contributed by atoms with Gasteiger partial charge in [-0.05, 0) is 36.4 Å². The van der Waals surface area contributed by atoms with Crippen LogP contribution < -0.4 is 5.32 Å². The molecule has 3 aromatic rings. The summed E-state index contributed by atoms with van der Waals surface area (Å²) in [7, 11) is 0. The zero-order valence-electron chi connectivity index (χ0n) is 11.9. The number of halogens is 1. The summed E-state index contributed by atoms with van der Waals surface area (Å²) < 4.78 is 5.42. The molecule has 1 amide bonds. The van der Waals surface area contributed by atoms with E-state index in [1.807, 2.05) is 30.3 Å². The third-order valence-electron chi connectivity index (χ3n) is 2.90. The van der Waals surface area contributed by atoms with Crippen molar-refractivity contribution in [1.29, 1.82) is 0 Å². The fourth-order valence-corrected chi connectivity index (χ4v) is 2.68. The van der Waals surface area contributed by atoms with Gasteiger partial charge in [0.15, 0.2) is 0 Å². The Kier molecular flexibility index (Phi) is 4.95. The van der Waals surface area contributed by atoms with Crippen molar-refractivity contribution in [3.63, 3.8) is 0 Å². The quantitative estimate of drug-likeness (QED) is 0.699. The number of thioether (sulfide) groups is 1. The minimum atomic E-state index is -0.326. The maximum Gasteiger partial charge on any atom is 0.322 e. The Morgan fingerprint density at radius 1 is 1.09 bits per heavy atom. The van der Waals surface area contributed by atoms with Crippen LogP contribution in [0.4, 0.5) is 6.01 Å². The van der Waals surface area contributed by atoms with Gasteiger partial charge in [0.25, 0.3) is 5.91 Å². The molecule has 1 aromatic heterocycles. The van der Waals surface area contributed by atoms with Crippen LogP contribution in [0.3, 0.4) is 0 Å². The first-order valence-electron chi connectivity index (χ1n) is 6.78. The highest BCUT2D eigenvalue weighted by Gasteiger charge is 2.11. The molecule has 0 aliphatic carbocycles. The van der Waals surface area contributed by atoms with Crippen LogP contribution in [0.5, 0.6) is 0 Å². The number of rotatable bonds is 5. The molecule has 23 heavy (non-hydrogen) atoms. The number of anilines is 1. The summed E-state index contributed by atoms with van der Waals surface area (Å²) in [5.41, 5.74) is 0.466. The topological polar surface area (TPSA) is 68.0 Å². The average Bonchev–Trinajstić information content (AvgIpc) is 3.02.